The zero-order chi connectivity index (χ0) is 13.7. The van der Waals surface area contributed by atoms with E-state index in [4.69, 9.17) is 5.11 Å². The molecular weight excluding hydrogens is 230 g/mol. The third-order valence-electron chi connectivity index (χ3n) is 3.07. The van der Waals surface area contributed by atoms with Crippen molar-refractivity contribution in [2.24, 2.45) is 0 Å². The third kappa shape index (κ3) is 3.58. The molecular formula is C14H19NO3. The van der Waals surface area contributed by atoms with Crippen molar-refractivity contribution in [2.75, 3.05) is 13.6 Å². The predicted octanol–water partition coefficient (Wildman–Crippen LogP) is 2.24. The molecule has 0 aliphatic heterocycles. The highest BCUT2D eigenvalue weighted by molar-refractivity contribution is 5.95. The van der Waals surface area contributed by atoms with Gasteiger partial charge in [-0.2, -0.15) is 0 Å². The molecule has 1 rings (SSSR count). The van der Waals surface area contributed by atoms with Crippen LogP contribution in [0.25, 0.3) is 0 Å². The second-order valence-corrected chi connectivity index (χ2v) is 4.47. The van der Waals surface area contributed by atoms with Crippen LogP contribution < -0.4 is 0 Å². The Kier molecular flexibility index (Phi) is 4.89. The summed E-state index contributed by atoms with van der Waals surface area (Å²) in [5, 5.41) is 8.56. The van der Waals surface area contributed by atoms with E-state index in [1.807, 2.05) is 26.0 Å². The number of nitrogens with zero attached hydrogens (tertiary/aromatic N) is 1. The Morgan fingerprint density at radius 2 is 1.94 bits per heavy atom. The van der Waals surface area contributed by atoms with Gasteiger partial charge in [-0.15, -0.1) is 0 Å². The van der Waals surface area contributed by atoms with Gasteiger partial charge in [0.15, 0.2) is 0 Å². The van der Waals surface area contributed by atoms with Crippen molar-refractivity contribution < 1.29 is 14.7 Å². The topological polar surface area (TPSA) is 57.6 Å². The van der Waals surface area contributed by atoms with Crippen molar-refractivity contribution in [3.63, 3.8) is 0 Å². The molecule has 1 aromatic rings. The summed E-state index contributed by atoms with van der Waals surface area (Å²) in [5.74, 6) is -0.885. The van der Waals surface area contributed by atoms with E-state index in [2.05, 4.69) is 0 Å². The second-order valence-electron chi connectivity index (χ2n) is 4.47. The van der Waals surface area contributed by atoms with Gasteiger partial charge in [0.25, 0.3) is 5.91 Å². The number of amides is 1. The number of hydrogen-bond acceptors (Lipinski definition) is 2. The van der Waals surface area contributed by atoms with E-state index in [1.54, 1.807) is 18.0 Å². The highest BCUT2D eigenvalue weighted by Crippen LogP contribution is 2.14. The highest BCUT2D eigenvalue weighted by atomic mass is 16.4. The van der Waals surface area contributed by atoms with Crippen molar-refractivity contribution in [3.8, 4) is 0 Å². The molecule has 0 radical (unpaired) electrons. The van der Waals surface area contributed by atoms with Crippen LogP contribution in [0, 0.1) is 13.8 Å². The first-order valence-corrected chi connectivity index (χ1v) is 5.97. The summed E-state index contributed by atoms with van der Waals surface area (Å²) in [6.45, 7) is 4.35. The number of carboxylic acids is 1. The fraction of sp³-hybridized carbons (Fsp3) is 0.429. The zero-order valence-electron chi connectivity index (χ0n) is 11.1. The van der Waals surface area contributed by atoms with Crippen molar-refractivity contribution in [2.45, 2.75) is 26.7 Å². The average Bonchev–Trinajstić information content (AvgIpc) is 2.31. The molecule has 1 amide bonds. The van der Waals surface area contributed by atoms with E-state index < -0.39 is 5.97 Å². The molecule has 0 saturated carbocycles. The van der Waals surface area contributed by atoms with E-state index >= 15 is 0 Å². The molecule has 0 fully saturated rings. The Bertz CT molecular complexity index is 454. The maximum Gasteiger partial charge on any atom is 0.303 e. The molecule has 0 aromatic heterocycles. The smallest absolute Gasteiger partial charge is 0.303 e. The lowest BCUT2D eigenvalue weighted by Crippen LogP contribution is -2.28. The molecule has 0 spiro atoms. The van der Waals surface area contributed by atoms with Crippen LogP contribution >= 0.6 is 0 Å². The first-order chi connectivity index (χ1) is 8.43. The van der Waals surface area contributed by atoms with Crippen molar-refractivity contribution in [1.82, 2.24) is 4.90 Å². The van der Waals surface area contributed by atoms with Gasteiger partial charge in [-0.05, 0) is 37.5 Å². The normalized spacial score (nSPS) is 10.2. The lowest BCUT2D eigenvalue weighted by atomic mass is 10.0. The summed E-state index contributed by atoms with van der Waals surface area (Å²) in [5.41, 5.74) is 2.75. The number of carbonyl (C=O) groups is 2. The zero-order valence-corrected chi connectivity index (χ0v) is 11.1. The Balaban J connectivity index is 2.69. The fourth-order valence-electron chi connectivity index (χ4n) is 1.76. The molecule has 1 N–H and O–H groups in total. The second kappa shape index (κ2) is 6.19. The van der Waals surface area contributed by atoms with Crippen LogP contribution in [0.3, 0.4) is 0 Å². The molecule has 1 aromatic carbocycles. The predicted molar refractivity (Wildman–Crippen MR) is 69.7 cm³/mol. The number of hydrogen-bond donors (Lipinski definition) is 1. The first-order valence-electron chi connectivity index (χ1n) is 5.97. The monoisotopic (exact) mass is 249 g/mol. The van der Waals surface area contributed by atoms with Crippen molar-refractivity contribution in [3.05, 3.63) is 34.9 Å². The highest BCUT2D eigenvalue weighted by Gasteiger charge is 2.14. The number of rotatable bonds is 5. The molecule has 0 saturated heterocycles. The van der Waals surface area contributed by atoms with E-state index in [9.17, 15) is 9.59 Å². The molecule has 0 heterocycles. The number of carboxylic acid groups (broad SMARTS) is 1. The van der Waals surface area contributed by atoms with Crippen LogP contribution in [-0.2, 0) is 4.79 Å². The Hall–Kier alpha value is -1.84. The molecule has 0 bridgehead atoms. The SMILES string of the molecule is Cc1cccc(C(=O)N(C)CCCC(=O)O)c1C. The number of aliphatic carboxylic acids is 1. The van der Waals surface area contributed by atoms with E-state index in [0.29, 0.717) is 18.5 Å². The standard InChI is InChI=1S/C14H19NO3/c1-10-6-4-7-12(11(10)2)14(18)15(3)9-5-8-13(16)17/h4,6-7H,5,8-9H2,1-3H3,(H,16,17). The lowest BCUT2D eigenvalue weighted by molar-refractivity contribution is -0.137. The van der Waals surface area contributed by atoms with Gasteiger partial charge in [-0.1, -0.05) is 12.1 Å². The quantitative estimate of drug-likeness (QED) is 0.870. The van der Waals surface area contributed by atoms with Crippen LogP contribution in [0.5, 0.6) is 0 Å². The summed E-state index contributed by atoms with van der Waals surface area (Å²) in [4.78, 5) is 24.2. The maximum absolute atomic E-state index is 12.2. The molecule has 0 aliphatic rings. The number of carbonyl (C=O) groups excluding carboxylic acids is 1. The van der Waals surface area contributed by atoms with Gasteiger partial charge in [0.1, 0.15) is 0 Å². The van der Waals surface area contributed by atoms with Gasteiger partial charge >= 0.3 is 5.97 Å². The van der Waals surface area contributed by atoms with E-state index in [-0.39, 0.29) is 12.3 Å². The maximum atomic E-state index is 12.2. The van der Waals surface area contributed by atoms with Gasteiger partial charge in [-0.3, -0.25) is 9.59 Å². The van der Waals surface area contributed by atoms with Crippen LogP contribution in [0.2, 0.25) is 0 Å². The Labute approximate surface area is 107 Å². The number of aryl methyl sites for hydroxylation is 1. The minimum atomic E-state index is -0.831. The molecule has 4 nitrogen and oxygen atoms in total. The molecule has 0 atom stereocenters. The van der Waals surface area contributed by atoms with Gasteiger partial charge < -0.3 is 10.0 Å². The lowest BCUT2D eigenvalue weighted by Gasteiger charge is -2.18. The molecule has 98 valence electrons. The first kappa shape index (κ1) is 14.2. The third-order valence-corrected chi connectivity index (χ3v) is 3.07. The van der Waals surface area contributed by atoms with E-state index in [1.165, 1.54) is 0 Å². The van der Waals surface area contributed by atoms with Crippen LogP contribution in [-0.4, -0.2) is 35.5 Å². The minimum absolute atomic E-state index is 0.0541. The largest absolute Gasteiger partial charge is 0.481 e. The molecule has 4 heteroatoms. The summed E-state index contributed by atoms with van der Waals surface area (Å²) < 4.78 is 0. The average molecular weight is 249 g/mol. The summed E-state index contributed by atoms with van der Waals surface area (Å²) in [6, 6.07) is 5.63. The van der Waals surface area contributed by atoms with Crippen LogP contribution in [0.1, 0.15) is 34.3 Å². The fourth-order valence-corrected chi connectivity index (χ4v) is 1.76. The summed E-state index contributed by atoms with van der Waals surface area (Å²) >= 11 is 0. The Morgan fingerprint density at radius 3 is 2.56 bits per heavy atom. The van der Waals surface area contributed by atoms with Gasteiger partial charge in [0.05, 0.1) is 0 Å². The van der Waals surface area contributed by atoms with Crippen molar-refractivity contribution >= 4 is 11.9 Å². The summed E-state index contributed by atoms with van der Waals surface area (Å²) in [6.07, 6.45) is 0.562. The minimum Gasteiger partial charge on any atom is -0.481 e. The molecule has 0 unspecified atom stereocenters. The van der Waals surface area contributed by atoms with Gasteiger partial charge in [-0.25, -0.2) is 0 Å². The molecule has 18 heavy (non-hydrogen) atoms. The number of benzene rings is 1. The van der Waals surface area contributed by atoms with Crippen LogP contribution in [0.4, 0.5) is 0 Å². The van der Waals surface area contributed by atoms with Gasteiger partial charge in [0, 0.05) is 25.6 Å². The van der Waals surface area contributed by atoms with Crippen LogP contribution in [0.15, 0.2) is 18.2 Å². The van der Waals surface area contributed by atoms with Crippen molar-refractivity contribution in [1.29, 1.82) is 0 Å². The summed E-state index contributed by atoms with van der Waals surface area (Å²) in [7, 11) is 1.70. The molecule has 0 aliphatic carbocycles. The van der Waals surface area contributed by atoms with Gasteiger partial charge in [0.2, 0.25) is 0 Å². The van der Waals surface area contributed by atoms with E-state index in [0.717, 1.165) is 11.1 Å². The Morgan fingerprint density at radius 1 is 1.28 bits per heavy atom.